The van der Waals surface area contributed by atoms with Crippen molar-refractivity contribution in [1.82, 2.24) is 0 Å². The lowest BCUT2D eigenvalue weighted by Crippen LogP contribution is -2.25. The number of hydrogen-bond donors (Lipinski definition) is 1. The van der Waals surface area contributed by atoms with Crippen molar-refractivity contribution in [3.63, 3.8) is 0 Å². The van der Waals surface area contributed by atoms with Gasteiger partial charge in [0.05, 0.1) is 10.7 Å². The van der Waals surface area contributed by atoms with Gasteiger partial charge >= 0.3 is 0 Å². The first-order chi connectivity index (χ1) is 6.11. The summed E-state index contributed by atoms with van der Waals surface area (Å²) in [5.41, 5.74) is 0.294. The summed E-state index contributed by atoms with van der Waals surface area (Å²) in [4.78, 5) is 0. The third kappa shape index (κ3) is 1.37. The molecule has 2 rings (SSSR count). The highest BCUT2D eigenvalue weighted by Crippen LogP contribution is 2.42. The lowest BCUT2D eigenvalue weighted by Gasteiger charge is -2.26. The molecule has 0 aliphatic carbocycles. The molecular formula is C9H7ClF2N. The van der Waals surface area contributed by atoms with Crippen LogP contribution in [0.4, 0.5) is 14.5 Å². The first-order valence-electron chi connectivity index (χ1n) is 3.93. The number of hydrogen-bond acceptors (Lipinski definition) is 1. The second-order valence-electron chi connectivity index (χ2n) is 2.97. The van der Waals surface area contributed by atoms with Crippen LogP contribution in [-0.2, 0) is 5.92 Å². The van der Waals surface area contributed by atoms with Crippen LogP contribution in [0.3, 0.4) is 0 Å². The number of fused-ring (bicyclic) bond motifs is 1. The Kier molecular flexibility index (Phi) is 1.91. The molecule has 0 bridgehead atoms. The molecule has 69 valence electrons. The van der Waals surface area contributed by atoms with E-state index < -0.39 is 5.92 Å². The van der Waals surface area contributed by atoms with E-state index in [-0.39, 0.29) is 18.5 Å². The SMILES string of the molecule is FC1(F)CCNc2c(Cl)c[c]cc21. The van der Waals surface area contributed by atoms with Gasteiger partial charge in [0, 0.05) is 18.5 Å². The average Bonchev–Trinajstić information content (AvgIpc) is 2.06. The van der Waals surface area contributed by atoms with Crippen molar-refractivity contribution in [2.24, 2.45) is 0 Å². The first kappa shape index (κ1) is 8.75. The Morgan fingerprint density at radius 2 is 2.23 bits per heavy atom. The number of halogens is 3. The zero-order valence-corrected chi connectivity index (χ0v) is 7.46. The molecule has 0 saturated heterocycles. The molecule has 0 amide bonds. The summed E-state index contributed by atoms with van der Waals surface area (Å²) in [6, 6.07) is 5.36. The largest absolute Gasteiger partial charge is 0.383 e. The minimum Gasteiger partial charge on any atom is -0.383 e. The van der Waals surface area contributed by atoms with Gasteiger partial charge in [0.25, 0.3) is 5.92 Å². The fourth-order valence-electron chi connectivity index (χ4n) is 1.42. The third-order valence-electron chi connectivity index (χ3n) is 2.08. The van der Waals surface area contributed by atoms with Gasteiger partial charge < -0.3 is 5.32 Å². The minimum atomic E-state index is -2.78. The Hall–Kier alpha value is -0.830. The number of benzene rings is 1. The molecule has 0 saturated carbocycles. The fraction of sp³-hybridized carbons (Fsp3) is 0.333. The van der Waals surface area contributed by atoms with Gasteiger partial charge in [-0.25, -0.2) is 8.78 Å². The summed E-state index contributed by atoms with van der Waals surface area (Å²) < 4.78 is 26.5. The van der Waals surface area contributed by atoms with Gasteiger partial charge in [-0.05, 0) is 18.2 Å². The van der Waals surface area contributed by atoms with Gasteiger partial charge in [-0.3, -0.25) is 0 Å². The van der Waals surface area contributed by atoms with Gasteiger partial charge in [0.2, 0.25) is 0 Å². The topological polar surface area (TPSA) is 12.0 Å². The molecule has 0 aromatic heterocycles. The molecule has 0 fully saturated rings. The molecule has 1 N–H and O–H groups in total. The van der Waals surface area contributed by atoms with Crippen LogP contribution in [0, 0.1) is 6.07 Å². The Balaban J connectivity index is 2.58. The molecule has 1 aromatic carbocycles. The van der Waals surface area contributed by atoms with E-state index in [2.05, 4.69) is 11.4 Å². The van der Waals surface area contributed by atoms with E-state index in [1.807, 2.05) is 0 Å². The third-order valence-corrected chi connectivity index (χ3v) is 2.38. The second kappa shape index (κ2) is 2.84. The van der Waals surface area contributed by atoms with Crippen LogP contribution in [0.25, 0.3) is 0 Å². The Morgan fingerprint density at radius 1 is 1.46 bits per heavy atom. The predicted octanol–water partition coefficient (Wildman–Crippen LogP) is 3.05. The number of nitrogens with one attached hydrogen (secondary N) is 1. The van der Waals surface area contributed by atoms with Crippen LogP contribution in [0.15, 0.2) is 12.1 Å². The zero-order chi connectivity index (χ0) is 9.47. The number of anilines is 1. The summed E-state index contributed by atoms with van der Waals surface area (Å²) in [6.45, 7) is 0.254. The Morgan fingerprint density at radius 3 is 2.92 bits per heavy atom. The van der Waals surface area contributed by atoms with Gasteiger partial charge in [-0.15, -0.1) is 0 Å². The molecule has 1 aliphatic rings. The second-order valence-corrected chi connectivity index (χ2v) is 3.38. The van der Waals surface area contributed by atoms with Crippen LogP contribution in [0.1, 0.15) is 12.0 Å². The predicted molar refractivity (Wildman–Crippen MR) is 47.3 cm³/mol. The van der Waals surface area contributed by atoms with Crippen molar-refractivity contribution < 1.29 is 8.78 Å². The fourth-order valence-corrected chi connectivity index (χ4v) is 1.65. The van der Waals surface area contributed by atoms with Crippen LogP contribution in [-0.4, -0.2) is 6.54 Å². The molecule has 1 aromatic rings. The molecule has 1 heterocycles. The van der Waals surface area contributed by atoms with Crippen LogP contribution >= 0.6 is 11.6 Å². The number of rotatable bonds is 0. The first-order valence-corrected chi connectivity index (χ1v) is 4.31. The summed E-state index contributed by atoms with van der Waals surface area (Å²) >= 11 is 5.74. The highest BCUT2D eigenvalue weighted by atomic mass is 35.5. The average molecular weight is 203 g/mol. The van der Waals surface area contributed by atoms with E-state index >= 15 is 0 Å². The van der Waals surface area contributed by atoms with Crippen LogP contribution in [0.2, 0.25) is 5.02 Å². The van der Waals surface area contributed by atoms with Crippen LogP contribution < -0.4 is 5.32 Å². The summed E-state index contributed by atoms with van der Waals surface area (Å²) in [5.74, 6) is -2.78. The maximum Gasteiger partial charge on any atom is 0.276 e. The van der Waals surface area contributed by atoms with E-state index in [0.717, 1.165) is 0 Å². The maximum atomic E-state index is 13.3. The van der Waals surface area contributed by atoms with Crippen molar-refractivity contribution in [3.8, 4) is 0 Å². The highest BCUT2D eigenvalue weighted by molar-refractivity contribution is 6.33. The molecular weight excluding hydrogens is 196 g/mol. The molecule has 0 unspecified atom stereocenters. The van der Waals surface area contributed by atoms with Gasteiger partial charge in [-0.2, -0.15) is 0 Å². The van der Waals surface area contributed by atoms with Gasteiger partial charge in [0.1, 0.15) is 0 Å². The number of alkyl halides is 2. The van der Waals surface area contributed by atoms with Gasteiger partial charge in [-0.1, -0.05) is 11.6 Å². The highest BCUT2D eigenvalue weighted by Gasteiger charge is 2.37. The Labute approximate surface area is 79.7 Å². The quantitative estimate of drug-likeness (QED) is 0.682. The summed E-state index contributed by atoms with van der Waals surface area (Å²) in [7, 11) is 0. The Bertz CT molecular complexity index is 338. The molecule has 1 radical (unpaired) electrons. The molecule has 0 spiro atoms. The molecule has 1 aliphatic heterocycles. The van der Waals surface area contributed by atoms with E-state index in [4.69, 9.17) is 11.6 Å². The molecule has 0 atom stereocenters. The lowest BCUT2D eigenvalue weighted by molar-refractivity contribution is -0.0122. The van der Waals surface area contributed by atoms with Gasteiger partial charge in [0.15, 0.2) is 0 Å². The van der Waals surface area contributed by atoms with Crippen LogP contribution in [0.5, 0.6) is 0 Å². The molecule has 13 heavy (non-hydrogen) atoms. The zero-order valence-electron chi connectivity index (χ0n) is 6.70. The van der Waals surface area contributed by atoms with E-state index in [9.17, 15) is 8.78 Å². The summed E-state index contributed by atoms with van der Waals surface area (Å²) in [6.07, 6.45) is -0.186. The van der Waals surface area contributed by atoms with Crippen molar-refractivity contribution in [1.29, 1.82) is 0 Å². The monoisotopic (exact) mass is 202 g/mol. The summed E-state index contributed by atoms with van der Waals surface area (Å²) in [5, 5.41) is 3.16. The maximum absolute atomic E-state index is 13.3. The normalized spacial score (nSPS) is 19.0. The molecule has 1 nitrogen and oxygen atoms in total. The van der Waals surface area contributed by atoms with Crippen molar-refractivity contribution in [2.45, 2.75) is 12.3 Å². The van der Waals surface area contributed by atoms with Crippen molar-refractivity contribution in [3.05, 3.63) is 28.8 Å². The lowest BCUT2D eigenvalue weighted by atomic mass is 10.00. The minimum absolute atomic E-state index is 0.0498. The molecule has 4 heteroatoms. The van der Waals surface area contributed by atoms with E-state index in [1.165, 1.54) is 12.1 Å². The smallest absolute Gasteiger partial charge is 0.276 e. The van der Waals surface area contributed by atoms with E-state index in [0.29, 0.717) is 10.7 Å². The van der Waals surface area contributed by atoms with Crippen molar-refractivity contribution in [2.75, 3.05) is 11.9 Å². The van der Waals surface area contributed by atoms with E-state index in [1.54, 1.807) is 0 Å². The standard InChI is InChI=1S/C9H7ClF2N/c10-7-3-1-2-6-8(7)13-5-4-9(6,11)12/h2-3,13H,4-5H2. The van der Waals surface area contributed by atoms with Crippen molar-refractivity contribution >= 4 is 17.3 Å².